The molecule has 0 atom stereocenters. The van der Waals surface area contributed by atoms with Gasteiger partial charge in [0, 0.05) is 43.6 Å². The molecule has 0 aliphatic carbocycles. The molecule has 1 aromatic carbocycles. The van der Waals surface area contributed by atoms with Gasteiger partial charge in [0.15, 0.2) is 5.82 Å². The summed E-state index contributed by atoms with van der Waals surface area (Å²) in [6.07, 6.45) is 1.85. The highest BCUT2D eigenvalue weighted by molar-refractivity contribution is 6.31. The third kappa shape index (κ3) is 2.04. The van der Waals surface area contributed by atoms with Gasteiger partial charge in [-0.25, -0.2) is 9.97 Å². The van der Waals surface area contributed by atoms with Crippen LogP contribution in [0.5, 0.6) is 0 Å². The van der Waals surface area contributed by atoms with Crippen molar-refractivity contribution in [3.8, 4) is 0 Å². The zero-order chi connectivity index (χ0) is 14.4. The van der Waals surface area contributed by atoms with Gasteiger partial charge in [-0.1, -0.05) is 11.6 Å². The lowest BCUT2D eigenvalue weighted by Gasteiger charge is -2.28. The number of hydrogen-bond acceptors (Lipinski definition) is 4. The molecule has 5 nitrogen and oxygen atoms in total. The number of aromatic nitrogens is 3. The molecule has 108 valence electrons. The summed E-state index contributed by atoms with van der Waals surface area (Å²) in [5, 5.41) is 5.15. The van der Waals surface area contributed by atoms with Crippen molar-refractivity contribution in [2.45, 2.75) is 0 Å². The molecule has 1 aliphatic rings. The smallest absolute Gasteiger partial charge is 0.157 e. The zero-order valence-electron chi connectivity index (χ0n) is 11.8. The van der Waals surface area contributed by atoms with Gasteiger partial charge < -0.3 is 14.8 Å². The summed E-state index contributed by atoms with van der Waals surface area (Å²) in [5.41, 5.74) is 3.01. The normalized spacial score (nSPS) is 16.0. The minimum Gasteiger partial charge on any atom is -0.352 e. The lowest BCUT2D eigenvalue weighted by Crippen LogP contribution is -2.44. The number of benzene rings is 1. The molecular weight excluding hydrogens is 286 g/mol. The quantitative estimate of drug-likeness (QED) is 0.748. The molecule has 3 aromatic rings. The van der Waals surface area contributed by atoms with Gasteiger partial charge in [-0.3, -0.25) is 0 Å². The molecule has 0 saturated carbocycles. The standard InChI is InChI=1S/C15H16ClN5/c1-20-9-18-13-14(20)11-8-10(16)2-3-12(11)19-15(13)21-6-4-17-5-7-21/h2-3,8-9,17H,4-7H2,1H3. The number of nitrogens with zero attached hydrogens (tertiary/aromatic N) is 4. The van der Waals surface area contributed by atoms with Crippen LogP contribution in [0, 0.1) is 0 Å². The fraction of sp³-hybridized carbons (Fsp3) is 0.333. The first kappa shape index (κ1) is 12.9. The van der Waals surface area contributed by atoms with E-state index in [4.69, 9.17) is 16.6 Å². The monoisotopic (exact) mass is 301 g/mol. The van der Waals surface area contributed by atoms with Crippen molar-refractivity contribution in [2.24, 2.45) is 7.05 Å². The predicted octanol–water partition coefficient (Wildman–Crippen LogP) is 2.18. The summed E-state index contributed by atoms with van der Waals surface area (Å²) < 4.78 is 2.04. The molecule has 4 rings (SSSR count). The number of anilines is 1. The molecule has 1 saturated heterocycles. The van der Waals surface area contributed by atoms with E-state index < -0.39 is 0 Å². The van der Waals surface area contributed by atoms with Gasteiger partial charge in [-0.05, 0) is 18.2 Å². The lowest BCUT2D eigenvalue weighted by atomic mass is 10.1. The van der Waals surface area contributed by atoms with Crippen molar-refractivity contribution in [2.75, 3.05) is 31.1 Å². The van der Waals surface area contributed by atoms with Crippen molar-refractivity contribution < 1.29 is 0 Å². The van der Waals surface area contributed by atoms with Crippen LogP contribution in [0.15, 0.2) is 24.5 Å². The first-order chi connectivity index (χ1) is 10.2. The van der Waals surface area contributed by atoms with Crippen LogP contribution in [0.1, 0.15) is 0 Å². The number of hydrogen-bond donors (Lipinski definition) is 1. The molecule has 0 unspecified atom stereocenters. The Hall–Kier alpha value is -1.85. The Labute approximate surface area is 127 Å². The largest absolute Gasteiger partial charge is 0.352 e. The molecule has 1 aliphatic heterocycles. The van der Waals surface area contributed by atoms with Gasteiger partial charge in [-0.15, -0.1) is 0 Å². The topological polar surface area (TPSA) is 46.0 Å². The van der Waals surface area contributed by atoms with Crippen molar-refractivity contribution in [3.63, 3.8) is 0 Å². The average Bonchev–Trinajstić information content (AvgIpc) is 2.90. The summed E-state index contributed by atoms with van der Waals surface area (Å²) in [4.78, 5) is 11.7. The van der Waals surface area contributed by atoms with Crippen LogP contribution in [0.25, 0.3) is 21.9 Å². The number of halogens is 1. The Balaban J connectivity index is 2.03. The van der Waals surface area contributed by atoms with E-state index in [0.717, 1.165) is 59.0 Å². The third-order valence-corrected chi connectivity index (χ3v) is 4.24. The lowest BCUT2D eigenvalue weighted by molar-refractivity contribution is 0.586. The minimum absolute atomic E-state index is 0.724. The van der Waals surface area contributed by atoms with E-state index in [1.54, 1.807) is 0 Å². The highest BCUT2D eigenvalue weighted by Gasteiger charge is 2.19. The Bertz CT molecular complexity index is 820. The average molecular weight is 302 g/mol. The van der Waals surface area contributed by atoms with Crippen LogP contribution in [0.3, 0.4) is 0 Å². The molecule has 0 amide bonds. The number of nitrogens with one attached hydrogen (secondary N) is 1. The second-order valence-electron chi connectivity index (χ2n) is 5.39. The summed E-state index contributed by atoms with van der Waals surface area (Å²) in [5.74, 6) is 0.974. The van der Waals surface area contributed by atoms with Crippen LogP contribution in [0.2, 0.25) is 5.02 Å². The molecular formula is C15H16ClN5. The van der Waals surface area contributed by atoms with Gasteiger partial charge in [0.25, 0.3) is 0 Å². The Morgan fingerprint density at radius 1 is 1.24 bits per heavy atom. The number of rotatable bonds is 1. The maximum Gasteiger partial charge on any atom is 0.157 e. The molecule has 3 heterocycles. The molecule has 6 heteroatoms. The molecule has 1 fully saturated rings. The van der Waals surface area contributed by atoms with Gasteiger partial charge in [0.05, 0.1) is 17.4 Å². The minimum atomic E-state index is 0.724. The molecule has 2 aromatic heterocycles. The SMILES string of the molecule is Cn1cnc2c(N3CCNCC3)nc3ccc(Cl)cc3c21. The van der Waals surface area contributed by atoms with Gasteiger partial charge in [0.1, 0.15) is 5.52 Å². The Morgan fingerprint density at radius 3 is 2.86 bits per heavy atom. The number of fused-ring (bicyclic) bond motifs is 3. The van der Waals surface area contributed by atoms with Crippen LogP contribution in [-0.2, 0) is 7.05 Å². The maximum absolute atomic E-state index is 6.15. The summed E-state index contributed by atoms with van der Waals surface area (Å²) in [6.45, 7) is 3.87. The fourth-order valence-corrected chi connectivity index (χ4v) is 3.14. The highest BCUT2D eigenvalue weighted by atomic mass is 35.5. The van der Waals surface area contributed by atoms with Crippen LogP contribution in [0.4, 0.5) is 5.82 Å². The molecule has 21 heavy (non-hydrogen) atoms. The number of pyridine rings is 1. The number of aryl methyl sites for hydroxylation is 1. The van der Waals surface area contributed by atoms with Crippen LogP contribution in [-0.4, -0.2) is 40.7 Å². The molecule has 0 radical (unpaired) electrons. The van der Waals surface area contributed by atoms with Gasteiger partial charge in [0.2, 0.25) is 0 Å². The zero-order valence-corrected chi connectivity index (χ0v) is 12.6. The molecule has 0 spiro atoms. The second kappa shape index (κ2) is 4.86. The first-order valence-corrected chi connectivity index (χ1v) is 7.48. The first-order valence-electron chi connectivity index (χ1n) is 7.10. The Morgan fingerprint density at radius 2 is 2.05 bits per heavy atom. The molecule has 1 N–H and O–H groups in total. The summed E-state index contributed by atoms with van der Waals surface area (Å²) >= 11 is 6.15. The van der Waals surface area contributed by atoms with Crippen molar-refractivity contribution >= 4 is 39.4 Å². The maximum atomic E-state index is 6.15. The van der Waals surface area contributed by atoms with E-state index in [1.807, 2.05) is 36.1 Å². The van der Waals surface area contributed by atoms with E-state index >= 15 is 0 Å². The van der Waals surface area contributed by atoms with E-state index in [2.05, 4.69) is 15.2 Å². The van der Waals surface area contributed by atoms with Crippen LogP contribution >= 0.6 is 11.6 Å². The Kier molecular flexibility index (Phi) is 2.97. The van der Waals surface area contributed by atoms with Crippen molar-refractivity contribution in [3.05, 3.63) is 29.5 Å². The predicted molar refractivity (Wildman–Crippen MR) is 86.1 cm³/mol. The van der Waals surface area contributed by atoms with E-state index in [1.165, 1.54) is 0 Å². The number of piperazine rings is 1. The van der Waals surface area contributed by atoms with Gasteiger partial charge >= 0.3 is 0 Å². The van der Waals surface area contributed by atoms with E-state index in [9.17, 15) is 0 Å². The van der Waals surface area contributed by atoms with E-state index in [0.29, 0.717) is 0 Å². The van der Waals surface area contributed by atoms with Crippen LogP contribution < -0.4 is 10.2 Å². The van der Waals surface area contributed by atoms with Crippen molar-refractivity contribution in [1.82, 2.24) is 19.9 Å². The summed E-state index contributed by atoms with van der Waals surface area (Å²) in [7, 11) is 2.01. The highest BCUT2D eigenvalue weighted by Crippen LogP contribution is 2.31. The third-order valence-electron chi connectivity index (χ3n) is 4.01. The second-order valence-corrected chi connectivity index (χ2v) is 5.82. The number of imidazole rings is 1. The van der Waals surface area contributed by atoms with Gasteiger partial charge in [-0.2, -0.15) is 0 Å². The molecule has 0 bridgehead atoms. The van der Waals surface area contributed by atoms with E-state index in [-0.39, 0.29) is 0 Å². The fourth-order valence-electron chi connectivity index (χ4n) is 2.97. The summed E-state index contributed by atoms with van der Waals surface area (Å²) in [6, 6.07) is 5.84. The van der Waals surface area contributed by atoms with Crippen molar-refractivity contribution in [1.29, 1.82) is 0 Å².